The molecule has 1 fully saturated rings. The second-order valence-corrected chi connectivity index (χ2v) is 20.3. The molecule has 350 valence electrons. The predicted molar refractivity (Wildman–Crippen MR) is 264 cm³/mol. The summed E-state index contributed by atoms with van der Waals surface area (Å²) >= 11 is 0. The Balaban J connectivity index is 0.00000793. The van der Waals surface area contributed by atoms with E-state index in [0.29, 0.717) is 40.8 Å². The van der Waals surface area contributed by atoms with Crippen LogP contribution in [0.25, 0.3) is 28.4 Å². The quantitative estimate of drug-likeness (QED) is 0.0796. The number of terminal acetylenes is 1. The number of aliphatic hydroxyl groups excluding tert-OH is 1. The van der Waals surface area contributed by atoms with Gasteiger partial charge in [-0.05, 0) is 81.1 Å². The molecule has 4 aliphatic rings. The van der Waals surface area contributed by atoms with E-state index < -0.39 is 24.0 Å². The van der Waals surface area contributed by atoms with Gasteiger partial charge in [0.1, 0.15) is 5.92 Å². The van der Waals surface area contributed by atoms with Gasteiger partial charge in [-0.25, -0.2) is 0 Å². The van der Waals surface area contributed by atoms with Crippen molar-refractivity contribution >= 4 is 52.7 Å². The molecule has 1 N–H and O–H groups in total. The maximum atomic E-state index is 13.7. The number of aliphatic hydroxyl groups is 1. The molecule has 1 aliphatic carbocycles. The van der Waals surface area contributed by atoms with Crippen molar-refractivity contribution < 1.29 is 24.2 Å². The average molecular weight is 898 g/mol. The Kier molecular flexibility index (Phi) is 18.8. The van der Waals surface area contributed by atoms with Gasteiger partial charge in [-0.2, -0.15) is 5.70 Å². The molecule has 8 bridgehead atoms. The molecule has 2 aromatic rings. The summed E-state index contributed by atoms with van der Waals surface area (Å²) in [7, 11) is 1.35. The molecule has 0 spiro atoms. The van der Waals surface area contributed by atoms with Crippen molar-refractivity contribution in [3.05, 3.63) is 83.7 Å². The molecular weight excluding hydrogens is 821 g/mol. The van der Waals surface area contributed by atoms with Crippen LogP contribution in [-0.4, -0.2) is 59.9 Å². The molecule has 2 unspecified atom stereocenters. The van der Waals surface area contributed by atoms with Gasteiger partial charge in [-0.15, -0.1) is 39.9 Å². The van der Waals surface area contributed by atoms with E-state index in [2.05, 4.69) is 61.3 Å². The Morgan fingerprint density at radius 3 is 2.08 bits per heavy atom. The van der Waals surface area contributed by atoms with Crippen LogP contribution in [0.15, 0.2) is 28.7 Å². The van der Waals surface area contributed by atoms with Gasteiger partial charge < -0.3 is 35.2 Å². The zero-order valence-corrected chi connectivity index (χ0v) is 43.0. The number of esters is 2. The maximum absolute atomic E-state index is 13.7. The van der Waals surface area contributed by atoms with Crippen molar-refractivity contribution in [1.29, 1.82) is 0 Å². The number of aromatic nitrogens is 2. The van der Waals surface area contributed by atoms with Gasteiger partial charge in [0.15, 0.2) is 0 Å². The van der Waals surface area contributed by atoms with Crippen molar-refractivity contribution in [2.75, 3.05) is 13.7 Å². The number of fused-ring (bicyclic) bond motifs is 8. The summed E-state index contributed by atoms with van der Waals surface area (Å²) in [5.41, 5.74) is 9.10. The number of nitrogens with zero attached hydrogens (tertiary/aromatic N) is 4. The monoisotopic (exact) mass is 897 g/mol. The van der Waals surface area contributed by atoms with Gasteiger partial charge in [0.05, 0.1) is 19.8 Å². The smallest absolute Gasteiger partial charge is 0.681 e. The molecule has 9 nitrogen and oxygen atoms in total. The largest absolute Gasteiger partial charge is 2.00 e. The van der Waals surface area contributed by atoms with Crippen LogP contribution in [0.1, 0.15) is 172 Å². The molecule has 2 aromatic heterocycles. The van der Waals surface area contributed by atoms with Crippen LogP contribution in [0.5, 0.6) is 0 Å². The second kappa shape index (κ2) is 23.4. The fourth-order valence-electron chi connectivity index (χ4n) is 10.8. The maximum Gasteiger partial charge on any atom is 2.00 e. The SMILES string of the molecule is C#C[C@@H]1C(C)=C2/C=C3\[N-]C(C4=c5[n-]/c(c(C)c5[C@H](O)[C@@H]4C(=O)OC)=C\c4[n-]c(c(C)c4CC)/C=C/1[N-]2)[C@@H](CCC(=O)OCCC(C)CCC[C@@H](C)CCC[C@H](C)CCCC(C)C)[C@@H]3C.[Mg+2]. The Morgan fingerprint density at radius 2 is 1.48 bits per heavy atom. The first-order chi connectivity index (χ1) is 30.6. The molecule has 6 rings (SSSR count). The van der Waals surface area contributed by atoms with Gasteiger partial charge in [-0.3, -0.25) is 9.59 Å². The van der Waals surface area contributed by atoms with Crippen molar-refractivity contribution in [3.8, 4) is 12.3 Å². The van der Waals surface area contributed by atoms with E-state index in [9.17, 15) is 14.7 Å². The fraction of sp³-hybridized carbons (Fsp3) is 0.636. The molecule has 65 heavy (non-hydrogen) atoms. The van der Waals surface area contributed by atoms with E-state index >= 15 is 0 Å². The first kappa shape index (κ1) is 52.3. The number of hydrogen-bond acceptors (Lipinski definition) is 5. The van der Waals surface area contributed by atoms with E-state index in [1.54, 1.807) is 0 Å². The Labute approximate surface area is 406 Å². The minimum absolute atomic E-state index is 0. The van der Waals surface area contributed by atoms with Crippen LogP contribution in [0.2, 0.25) is 0 Å². The Hall–Kier alpha value is -3.65. The summed E-state index contributed by atoms with van der Waals surface area (Å²) in [4.78, 5) is 37.4. The number of rotatable bonds is 20. The van der Waals surface area contributed by atoms with Crippen molar-refractivity contribution in [2.45, 2.75) is 165 Å². The first-order valence-corrected chi connectivity index (χ1v) is 24.6. The number of carbonyl (C=O) groups excluding carboxylic acids is 2. The average Bonchev–Trinajstić information content (AvgIpc) is 3.99. The third kappa shape index (κ3) is 11.9. The molecule has 3 aliphatic heterocycles. The molecule has 9 atom stereocenters. The molecular formula is C55H76MgN4O5-2. The number of methoxy groups -OCH3 is 1. The molecule has 0 aromatic carbocycles. The summed E-state index contributed by atoms with van der Waals surface area (Å²) in [5, 5.41) is 23.7. The van der Waals surface area contributed by atoms with Gasteiger partial charge >= 0.3 is 35.0 Å². The third-order valence-corrected chi connectivity index (χ3v) is 15.0. The first-order valence-electron chi connectivity index (χ1n) is 24.6. The van der Waals surface area contributed by atoms with Crippen LogP contribution >= 0.6 is 0 Å². The molecule has 10 heteroatoms. The second-order valence-electron chi connectivity index (χ2n) is 20.3. The minimum Gasteiger partial charge on any atom is -0.681 e. The van der Waals surface area contributed by atoms with Crippen LogP contribution < -0.4 is 20.7 Å². The summed E-state index contributed by atoms with van der Waals surface area (Å²) in [6, 6.07) is -0.553. The molecule has 5 heterocycles. The van der Waals surface area contributed by atoms with E-state index in [0.717, 1.165) is 87.8 Å². The van der Waals surface area contributed by atoms with E-state index in [-0.39, 0.29) is 53.2 Å². The predicted octanol–water partition coefficient (Wildman–Crippen LogP) is 10.2. The Bertz CT molecular complexity index is 2270. The van der Waals surface area contributed by atoms with E-state index in [1.165, 1.54) is 58.5 Å². The van der Waals surface area contributed by atoms with Crippen LogP contribution in [0.4, 0.5) is 0 Å². The number of hydrogen-bond donors (Lipinski definition) is 1. The molecule has 0 saturated carbocycles. The summed E-state index contributed by atoms with van der Waals surface area (Å²) in [6.45, 7) is 22.4. The summed E-state index contributed by atoms with van der Waals surface area (Å²) in [6.07, 6.45) is 24.9. The standard InChI is InChI=1S/C55H76N4O5.Mg/c1-13-39-35(8)42-28-44-37(10)41(24-25-48(60)64-27-26-34(7)23-17-22-33(6)21-16-20-32(5)19-15-18-31(3)4)52(58-44)50-51(55(62)63-12)54(61)49-38(11)45(59-53(49)50)30-47-40(14-2)36(9)43(57-47)29-46(39)56-42;/h1,28-34,37,39,41,51-52,54,61H,14-27H2,2-12H3;/q-4;+2/b44-28-,45-30-,46-29-;/t32-,33+,34?,37+,39-,41+,51-,52?,54+;/m1./s1. The van der Waals surface area contributed by atoms with Crippen molar-refractivity contribution in [3.63, 3.8) is 0 Å². The van der Waals surface area contributed by atoms with Gasteiger partial charge in [-0.1, -0.05) is 164 Å². The normalized spacial score (nSPS) is 25.5. The van der Waals surface area contributed by atoms with Crippen molar-refractivity contribution in [1.82, 2.24) is 9.97 Å². The third-order valence-electron chi connectivity index (χ3n) is 15.0. The fourth-order valence-corrected chi connectivity index (χ4v) is 10.8. The van der Waals surface area contributed by atoms with Gasteiger partial charge in [0, 0.05) is 12.3 Å². The molecule has 0 amide bonds. The van der Waals surface area contributed by atoms with Crippen LogP contribution in [-0.2, 0) is 25.5 Å². The summed E-state index contributed by atoms with van der Waals surface area (Å²) < 4.78 is 11.2. The Morgan fingerprint density at radius 1 is 0.846 bits per heavy atom. The van der Waals surface area contributed by atoms with Gasteiger partial charge in [0.25, 0.3) is 0 Å². The minimum atomic E-state index is -1.16. The van der Waals surface area contributed by atoms with Gasteiger partial charge in [0.2, 0.25) is 0 Å². The number of ether oxygens (including phenoxy) is 2. The van der Waals surface area contributed by atoms with Crippen molar-refractivity contribution in [2.24, 2.45) is 47.3 Å². The summed E-state index contributed by atoms with van der Waals surface area (Å²) in [5.74, 6) is 3.41. The van der Waals surface area contributed by atoms with E-state index in [4.69, 9.17) is 36.5 Å². The molecule has 0 radical (unpaired) electrons. The topological polar surface area (TPSA) is 129 Å². The number of carbonyl (C=O) groups is 2. The zero-order valence-electron chi connectivity index (χ0n) is 41.6. The number of allylic oxidation sites excluding steroid dienone is 3. The van der Waals surface area contributed by atoms with Crippen LogP contribution in [0.3, 0.4) is 0 Å². The van der Waals surface area contributed by atoms with Crippen LogP contribution in [0, 0.1) is 73.5 Å². The zero-order chi connectivity index (χ0) is 46.4. The molecule has 1 saturated heterocycles. The van der Waals surface area contributed by atoms with E-state index in [1.807, 2.05) is 32.1 Å².